The van der Waals surface area contributed by atoms with Gasteiger partial charge in [-0.05, 0) is 6.54 Å². The molecule has 12 heavy (non-hydrogen) atoms. The first-order valence-corrected chi connectivity index (χ1v) is 4.26. The number of amides is 2. The van der Waals surface area contributed by atoms with Gasteiger partial charge in [0.25, 0.3) is 0 Å². The fraction of sp³-hybridized carbons (Fsp3) is 0.857. The van der Waals surface area contributed by atoms with Crippen molar-refractivity contribution in [3.05, 3.63) is 0 Å². The molecule has 1 saturated heterocycles. The molecule has 0 aromatic rings. The Morgan fingerprint density at radius 1 is 1.83 bits per heavy atom. The van der Waals surface area contributed by atoms with Gasteiger partial charge in [0.15, 0.2) is 0 Å². The van der Waals surface area contributed by atoms with Crippen molar-refractivity contribution < 1.29 is 4.79 Å². The van der Waals surface area contributed by atoms with Gasteiger partial charge in [0, 0.05) is 19.6 Å². The molecule has 2 amide bonds. The summed E-state index contributed by atoms with van der Waals surface area (Å²) in [5.41, 5.74) is 5.21. The summed E-state index contributed by atoms with van der Waals surface area (Å²) in [6.07, 6.45) is 0.0567. The zero-order valence-corrected chi connectivity index (χ0v) is 7.34. The van der Waals surface area contributed by atoms with Crippen molar-refractivity contribution in [2.24, 2.45) is 5.73 Å². The number of carbonyl (C=O) groups excluding carboxylic acids is 1. The monoisotopic (exact) mass is 172 g/mol. The number of carbonyl (C=O) groups is 1. The van der Waals surface area contributed by atoms with E-state index >= 15 is 0 Å². The lowest BCUT2D eigenvalue weighted by Gasteiger charge is -2.35. The Kier molecular flexibility index (Phi) is 3.31. The van der Waals surface area contributed by atoms with Crippen LogP contribution in [0.25, 0.3) is 0 Å². The lowest BCUT2D eigenvalue weighted by Crippen LogP contribution is -2.60. The maximum atomic E-state index is 10.9. The molecule has 1 rings (SSSR count). The largest absolute Gasteiger partial charge is 0.351 e. The molecule has 0 aliphatic carbocycles. The van der Waals surface area contributed by atoms with Crippen LogP contribution in [0.2, 0.25) is 0 Å². The van der Waals surface area contributed by atoms with Gasteiger partial charge < -0.3 is 16.0 Å². The van der Waals surface area contributed by atoms with E-state index in [-0.39, 0.29) is 12.2 Å². The predicted octanol–water partition coefficient (Wildman–Crippen LogP) is -1.09. The smallest absolute Gasteiger partial charge is 0.316 e. The molecular formula is C7H16N4O. The third kappa shape index (κ3) is 2.09. The first-order valence-electron chi connectivity index (χ1n) is 4.26. The van der Waals surface area contributed by atoms with Crippen LogP contribution in [0.15, 0.2) is 0 Å². The number of rotatable bonds is 2. The Bertz CT molecular complexity index is 159. The van der Waals surface area contributed by atoms with E-state index in [0.29, 0.717) is 6.54 Å². The van der Waals surface area contributed by atoms with Gasteiger partial charge in [-0.1, -0.05) is 6.92 Å². The molecule has 1 atom stereocenters. The van der Waals surface area contributed by atoms with Crippen molar-refractivity contribution in [2.75, 3.05) is 26.2 Å². The molecule has 1 aliphatic rings. The SMILES string of the molecule is CCNC1CNCCN1C(N)=O. The topological polar surface area (TPSA) is 70.4 Å². The highest BCUT2D eigenvalue weighted by molar-refractivity contribution is 5.72. The molecule has 5 heteroatoms. The second-order valence-electron chi connectivity index (χ2n) is 2.81. The minimum Gasteiger partial charge on any atom is -0.351 e. The van der Waals surface area contributed by atoms with E-state index in [9.17, 15) is 4.79 Å². The maximum Gasteiger partial charge on any atom is 0.316 e. The zero-order chi connectivity index (χ0) is 8.97. The lowest BCUT2D eigenvalue weighted by atomic mass is 10.3. The molecule has 1 unspecified atom stereocenters. The second-order valence-corrected chi connectivity index (χ2v) is 2.81. The summed E-state index contributed by atoms with van der Waals surface area (Å²) in [6.45, 7) is 5.14. The van der Waals surface area contributed by atoms with Gasteiger partial charge in [-0.15, -0.1) is 0 Å². The minimum absolute atomic E-state index is 0.0567. The normalized spacial score (nSPS) is 24.1. The molecule has 1 heterocycles. The number of nitrogens with two attached hydrogens (primary N) is 1. The Morgan fingerprint density at radius 3 is 3.17 bits per heavy atom. The molecule has 0 bridgehead atoms. The van der Waals surface area contributed by atoms with E-state index in [2.05, 4.69) is 10.6 Å². The number of piperazine rings is 1. The molecular weight excluding hydrogens is 156 g/mol. The van der Waals surface area contributed by atoms with Crippen LogP contribution in [0.3, 0.4) is 0 Å². The van der Waals surface area contributed by atoms with Crippen LogP contribution in [0.5, 0.6) is 0 Å². The summed E-state index contributed by atoms with van der Waals surface area (Å²) in [4.78, 5) is 12.6. The first-order chi connectivity index (χ1) is 5.75. The summed E-state index contributed by atoms with van der Waals surface area (Å²) in [5, 5.41) is 6.37. The third-order valence-corrected chi connectivity index (χ3v) is 1.97. The summed E-state index contributed by atoms with van der Waals surface area (Å²) in [5.74, 6) is 0. The van der Waals surface area contributed by atoms with Crippen molar-refractivity contribution >= 4 is 6.03 Å². The van der Waals surface area contributed by atoms with E-state index in [1.807, 2.05) is 6.92 Å². The third-order valence-electron chi connectivity index (χ3n) is 1.97. The molecule has 5 nitrogen and oxygen atoms in total. The van der Waals surface area contributed by atoms with Crippen LogP contribution in [-0.4, -0.2) is 43.3 Å². The van der Waals surface area contributed by atoms with Crippen LogP contribution in [0.4, 0.5) is 4.79 Å². The average Bonchev–Trinajstić information content (AvgIpc) is 2.05. The summed E-state index contributed by atoms with van der Waals surface area (Å²) in [7, 11) is 0. The van der Waals surface area contributed by atoms with Crippen LogP contribution >= 0.6 is 0 Å². The highest BCUT2D eigenvalue weighted by Gasteiger charge is 2.23. The standard InChI is InChI=1S/C7H16N4O/c1-2-10-6-5-9-3-4-11(6)7(8)12/h6,9-10H,2-5H2,1H3,(H2,8,12). The van der Waals surface area contributed by atoms with Crippen LogP contribution in [0, 0.1) is 0 Å². The molecule has 0 aromatic heterocycles. The van der Waals surface area contributed by atoms with E-state index in [4.69, 9.17) is 5.73 Å². The van der Waals surface area contributed by atoms with E-state index < -0.39 is 0 Å². The van der Waals surface area contributed by atoms with E-state index in [0.717, 1.165) is 19.6 Å². The number of hydrogen-bond donors (Lipinski definition) is 3. The molecule has 70 valence electrons. The summed E-state index contributed by atoms with van der Waals surface area (Å²) < 4.78 is 0. The maximum absolute atomic E-state index is 10.9. The van der Waals surface area contributed by atoms with Crippen molar-refractivity contribution in [2.45, 2.75) is 13.1 Å². The Morgan fingerprint density at radius 2 is 2.58 bits per heavy atom. The van der Waals surface area contributed by atoms with Gasteiger partial charge in [-0.3, -0.25) is 5.32 Å². The zero-order valence-electron chi connectivity index (χ0n) is 7.34. The molecule has 0 aromatic carbocycles. The quantitative estimate of drug-likeness (QED) is 0.495. The molecule has 0 radical (unpaired) electrons. The minimum atomic E-state index is -0.345. The molecule has 0 saturated carbocycles. The van der Waals surface area contributed by atoms with Crippen molar-refractivity contribution in [3.63, 3.8) is 0 Å². The molecule has 1 fully saturated rings. The number of nitrogens with one attached hydrogen (secondary N) is 2. The number of urea groups is 1. The number of nitrogens with zero attached hydrogens (tertiary/aromatic N) is 1. The van der Waals surface area contributed by atoms with Crippen LogP contribution in [0.1, 0.15) is 6.92 Å². The summed E-state index contributed by atoms with van der Waals surface area (Å²) >= 11 is 0. The number of hydrogen-bond acceptors (Lipinski definition) is 3. The van der Waals surface area contributed by atoms with E-state index in [1.54, 1.807) is 4.90 Å². The Hall–Kier alpha value is -0.810. The van der Waals surface area contributed by atoms with Crippen molar-refractivity contribution in [1.82, 2.24) is 15.5 Å². The second kappa shape index (κ2) is 4.27. The fourth-order valence-electron chi connectivity index (χ4n) is 1.39. The van der Waals surface area contributed by atoms with Gasteiger partial charge in [-0.2, -0.15) is 0 Å². The highest BCUT2D eigenvalue weighted by atomic mass is 16.2. The van der Waals surface area contributed by atoms with Gasteiger partial charge >= 0.3 is 6.03 Å². The molecule has 1 aliphatic heterocycles. The van der Waals surface area contributed by atoms with E-state index in [1.165, 1.54) is 0 Å². The average molecular weight is 172 g/mol. The lowest BCUT2D eigenvalue weighted by molar-refractivity contribution is 0.151. The van der Waals surface area contributed by atoms with Crippen LogP contribution in [-0.2, 0) is 0 Å². The van der Waals surface area contributed by atoms with Gasteiger partial charge in [0.2, 0.25) is 0 Å². The van der Waals surface area contributed by atoms with Gasteiger partial charge in [0.1, 0.15) is 0 Å². The van der Waals surface area contributed by atoms with Crippen molar-refractivity contribution in [3.8, 4) is 0 Å². The van der Waals surface area contributed by atoms with Gasteiger partial charge in [-0.25, -0.2) is 4.79 Å². The first kappa shape index (κ1) is 9.28. The predicted molar refractivity (Wildman–Crippen MR) is 46.6 cm³/mol. The Labute approximate surface area is 72.3 Å². The number of likely N-dealkylation sites (N-methyl/N-ethyl adjacent to an activating group) is 1. The summed E-state index contributed by atoms with van der Waals surface area (Å²) in [6, 6.07) is -0.345. The van der Waals surface area contributed by atoms with Gasteiger partial charge in [0.05, 0.1) is 6.17 Å². The Balaban J connectivity index is 2.48. The van der Waals surface area contributed by atoms with Crippen LogP contribution < -0.4 is 16.4 Å². The van der Waals surface area contributed by atoms with Crippen molar-refractivity contribution in [1.29, 1.82) is 0 Å². The fourth-order valence-corrected chi connectivity index (χ4v) is 1.39. The molecule has 0 spiro atoms. The number of primary amides is 1. The molecule has 4 N–H and O–H groups in total. The highest BCUT2D eigenvalue weighted by Crippen LogP contribution is 1.98.